The molecule has 1 aromatic heterocycles. The molecular formula is C18H26N4O. The molecule has 2 aliphatic rings. The Labute approximate surface area is 138 Å². The normalized spacial score (nSPS) is 21.0. The Morgan fingerprint density at radius 1 is 1.26 bits per heavy atom. The Morgan fingerprint density at radius 3 is 2.57 bits per heavy atom. The van der Waals surface area contributed by atoms with E-state index >= 15 is 0 Å². The van der Waals surface area contributed by atoms with Crippen molar-refractivity contribution < 1.29 is 4.79 Å². The summed E-state index contributed by atoms with van der Waals surface area (Å²) in [6.07, 6.45) is 10.0. The molecule has 0 aromatic carbocycles. The molecule has 0 spiro atoms. The van der Waals surface area contributed by atoms with Crippen LogP contribution < -0.4 is 5.32 Å². The number of aryl methyl sites for hydroxylation is 1. The number of carbonyl (C=O) groups excluding carboxylic acids is 1. The second-order valence-electron chi connectivity index (χ2n) is 7.12. The summed E-state index contributed by atoms with van der Waals surface area (Å²) in [6, 6.07) is 3.79. The Morgan fingerprint density at radius 2 is 1.96 bits per heavy atom. The van der Waals surface area contributed by atoms with Gasteiger partial charge in [-0.05, 0) is 44.8 Å². The summed E-state index contributed by atoms with van der Waals surface area (Å²) in [4.78, 5) is 15.3. The molecule has 1 aliphatic carbocycles. The van der Waals surface area contributed by atoms with Crippen LogP contribution in [0, 0.1) is 11.3 Å². The van der Waals surface area contributed by atoms with Crippen molar-refractivity contribution in [3.63, 3.8) is 0 Å². The van der Waals surface area contributed by atoms with Crippen LogP contribution in [0.4, 0.5) is 0 Å². The number of rotatable bonds is 4. The van der Waals surface area contributed by atoms with E-state index in [-0.39, 0.29) is 11.4 Å². The molecule has 0 radical (unpaired) electrons. The first-order chi connectivity index (χ1) is 11.1. The average molecular weight is 314 g/mol. The number of carbonyl (C=O) groups is 1. The topological polar surface area (TPSA) is 61.1 Å². The molecular weight excluding hydrogens is 288 g/mol. The quantitative estimate of drug-likeness (QED) is 0.928. The van der Waals surface area contributed by atoms with Crippen molar-refractivity contribution in [1.29, 1.82) is 5.26 Å². The lowest BCUT2D eigenvalue weighted by atomic mass is 9.81. The van der Waals surface area contributed by atoms with E-state index in [4.69, 9.17) is 5.26 Å². The number of nitrogens with zero attached hydrogens (tertiary/aromatic N) is 3. The van der Waals surface area contributed by atoms with Crippen molar-refractivity contribution in [2.45, 2.75) is 50.5 Å². The number of likely N-dealkylation sites (tertiary alicyclic amines) is 1. The molecule has 1 saturated heterocycles. The third-order valence-corrected chi connectivity index (χ3v) is 5.28. The highest BCUT2D eigenvalue weighted by Crippen LogP contribution is 2.30. The summed E-state index contributed by atoms with van der Waals surface area (Å²) in [5, 5.41) is 12.4. The number of nitriles is 1. The van der Waals surface area contributed by atoms with Crippen LogP contribution in [-0.2, 0) is 7.05 Å². The SMILES string of the molecule is Cn1cc(C#N)cc1C(=O)NC1(CN2CCCC2)CCCCC1. The summed E-state index contributed by atoms with van der Waals surface area (Å²) >= 11 is 0. The fraction of sp³-hybridized carbons (Fsp3) is 0.667. The third kappa shape index (κ3) is 3.59. The van der Waals surface area contributed by atoms with Gasteiger partial charge in [-0.2, -0.15) is 5.26 Å². The monoisotopic (exact) mass is 314 g/mol. The largest absolute Gasteiger partial charge is 0.345 e. The van der Waals surface area contributed by atoms with Gasteiger partial charge in [0.2, 0.25) is 0 Å². The molecule has 5 nitrogen and oxygen atoms in total. The van der Waals surface area contributed by atoms with E-state index in [9.17, 15) is 4.79 Å². The highest BCUT2D eigenvalue weighted by Gasteiger charge is 2.36. The molecule has 23 heavy (non-hydrogen) atoms. The highest BCUT2D eigenvalue weighted by atomic mass is 16.2. The molecule has 1 saturated carbocycles. The second-order valence-corrected chi connectivity index (χ2v) is 7.12. The van der Waals surface area contributed by atoms with Gasteiger partial charge < -0.3 is 14.8 Å². The molecule has 124 valence electrons. The molecule has 1 aromatic rings. The summed E-state index contributed by atoms with van der Waals surface area (Å²) in [6.45, 7) is 3.27. The lowest BCUT2D eigenvalue weighted by molar-refractivity contribution is 0.0814. The number of hydrogen-bond donors (Lipinski definition) is 1. The molecule has 1 aliphatic heterocycles. The highest BCUT2D eigenvalue weighted by molar-refractivity contribution is 5.93. The van der Waals surface area contributed by atoms with Gasteiger partial charge in [-0.15, -0.1) is 0 Å². The van der Waals surface area contributed by atoms with E-state index in [0.29, 0.717) is 11.3 Å². The summed E-state index contributed by atoms with van der Waals surface area (Å²) in [7, 11) is 1.82. The van der Waals surface area contributed by atoms with Crippen LogP contribution >= 0.6 is 0 Å². The molecule has 1 amide bonds. The number of hydrogen-bond acceptors (Lipinski definition) is 3. The minimum Gasteiger partial charge on any atom is -0.345 e. The van der Waals surface area contributed by atoms with Crippen LogP contribution in [0.5, 0.6) is 0 Å². The van der Waals surface area contributed by atoms with Crippen molar-refractivity contribution >= 4 is 5.91 Å². The van der Waals surface area contributed by atoms with Crippen LogP contribution in [0.15, 0.2) is 12.3 Å². The Hall–Kier alpha value is -1.80. The van der Waals surface area contributed by atoms with Gasteiger partial charge in [0.15, 0.2) is 0 Å². The van der Waals surface area contributed by atoms with Crippen LogP contribution in [0.3, 0.4) is 0 Å². The van der Waals surface area contributed by atoms with Crippen LogP contribution in [0.25, 0.3) is 0 Å². The zero-order valence-corrected chi connectivity index (χ0v) is 14.0. The number of nitrogens with one attached hydrogen (secondary N) is 1. The molecule has 2 heterocycles. The van der Waals surface area contributed by atoms with E-state index in [2.05, 4.69) is 16.3 Å². The predicted octanol–water partition coefficient (Wildman–Crippen LogP) is 2.43. The zero-order chi connectivity index (χ0) is 16.3. The minimum absolute atomic E-state index is 0.0462. The summed E-state index contributed by atoms with van der Waals surface area (Å²) in [5.41, 5.74) is 1.01. The zero-order valence-electron chi connectivity index (χ0n) is 14.0. The van der Waals surface area contributed by atoms with Crippen molar-refractivity contribution in [2.75, 3.05) is 19.6 Å². The molecule has 0 unspecified atom stereocenters. The maximum atomic E-state index is 12.8. The van der Waals surface area contributed by atoms with E-state index < -0.39 is 0 Å². The lowest BCUT2D eigenvalue weighted by Crippen LogP contribution is -2.56. The van der Waals surface area contributed by atoms with Crippen LogP contribution in [0.1, 0.15) is 61.0 Å². The van der Waals surface area contributed by atoms with Crippen LogP contribution in [-0.4, -0.2) is 40.5 Å². The number of amides is 1. The van der Waals surface area contributed by atoms with E-state index in [1.54, 1.807) is 16.8 Å². The first-order valence-corrected chi connectivity index (χ1v) is 8.73. The lowest BCUT2D eigenvalue weighted by Gasteiger charge is -2.41. The fourth-order valence-electron chi connectivity index (χ4n) is 4.08. The van der Waals surface area contributed by atoms with Gasteiger partial charge in [0.1, 0.15) is 11.8 Å². The van der Waals surface area contributed by atoms with E-state index in [1.807, 2.05) is 7.05 Å². The fourth-order valence-corrected chi connectivity index (χ4v) is 4.08. The first-order valence-electron chi connectivity index (χ1n) is 8.73. The van der Waals surface area contributed by atoms with Gasteiger partial charge in [-0.25, -0.2) is 0 Å². The smallest absolute Gasteiger partial charge is 0.268 e. The van der Waals surface area contributed by atoms with Gasteiger partial charge >= 0.3 is 0 Å². The van der Waals surface area contributed by atoms with Crippen molar-refractivity contribution in [1.82, 2.24) is 14.8 Å². The Kier molecular flexibility index (Phi) is 4.72. The third-order valence-electron chi connectivity index (χ3n) is 5.28. The molecule has 3 rings (SSSR count). The average Bonchev–Trinajstić information content (AvgIpc) is 3.17. The second kappa shape index (κ2) is 6.76. The molecule has 1 N–H and O–H groups in total. The molecule has 0 atom stereocenters. The molecule has 2 fully saturated rings. The van der Waals surface area contributed by atoms with E-state index in [0.717, 1.165) is 32.5 Å². The van der Waals surface area contributed by atoms with E-state index in [1.165, 1.54) is 32.1 Å². The van der Waals surface area contributed by atoms with Crippen molar-refractivity contribution in [3.05, 3.63) is 23.5 Å². The van der Waals surface area contributed by atoms with Crippen molar-refractivity contribution in [2.24, 2.45) is 7.05 Å². The predicted molar refractivity (Wildman–Crippen MR) is 89.1 cm³/mol. The molecule has 5 heteroatoms. The van der Waals surface area contributed by atoms with Gasteiger partial charge in [0.05, 0.1) is 11.1 Å². The maximum absolute atomic E-state index is 12.8. The van der Waals surface area contributed by atoms with Gasteiger partial charge in [-0.1, -0.05) is 19.3 Å². The standard InChI is InChI=1S/C18H26N4O/c1-21-13-15(12-19)11-16(21)17(23)20-18(7-3-2-4-8-18)14-22-9-5-6-10-22/h11,13H,2-10,14H2,1H3,(H,20,23). The van der Waals surface area contributed by atoms with Gasteiger partial charge in [0.25, 0.3) is 5.91 Å². The Balaban J connectivity index is 1.75. The number of aromatic nitrogens is 1. The summed E-state index contributed by atoms with van der Waals surface area (Å²) in [5.74, 6) is -0.0462. The molecule has 0 bridgehead atoms. The van der Waals surface area contributed by atoms with Crippen molar-refractivity contribution in [3.8, 4) is 6.07 Å². The first kappa shape index (κ1) is 16.1. The van der Waals surface area contributed by atoms with Crippen LogP contribution in [0.2, 0.25) is 0 Å². The minimum atomic E-state index is -0.100. The summed E-state index contributed by atoms with van der Waals surface area (Å²) < 4.78 is 1.75. The van der Waals surface area contributed by atoms with Gasteiger partial charge in [0, 0.05) is 19.8 Å². The van der Waals surface area contributed by atoms with Gasteiger partial charge in [-0.3, -0.25) is 4.79 Å². The maximum Gasteiger partial charge on any atom is 0.268 e. The Bertz CT molecular complexity index is 601.